The Bertz CT molecular complexity index is 468. The highest BCUT2D eigenvalue weighted by atomic mass is 16.6. The lowest BCUT2D eigenvalue weighted by molar-refractivity contribution is 0.229. The van der Waals surface area contributed by atoms with Gasteiger partial charge >= 0.3 is 0 Å². The average molecular weight is 306 g/mol. The van der Waals surface area contributed by atoms with Crippen molar-refractivity contribution in [2.45, 2.75) is 59.7 Å². The quantitative estimate of drug-likeness (QED) is 0.630. The van der Waals surface area contributed by atoms with Gasteiger partial charge in [-0.25, -0.2) is 0 Å². The molecule has 0 amide bonds. The Kier molecular flexibility index (Phi) is 6.13. The Morgan fingerprint density at radius 2 is 1.59 bits per heavy atom. The van der Waals surface area contributed by atoms with E-state index in [0.29, 0.717) is 37.3 Å². The van der Waals surface area contributed by atoms with Crippen molar-refractivity contribution in [2.75, 3.05) is 13.2 Å². The van der Waals surface area contributed by atoms with Gasteiger partial charge in [0.15, 0.2) is 11.5 Å². The monoisotopic (exact) mass is 306 g/mol. The third-order valence-corrected chi connectivity index (χ3v) is 3.71. The number of hydrogen-bond acceptors (Lipinski definition) is 3. The van der Waals surface area contributed by atoms with Gasteiger partial charge in [0.25, 0.3) is 0 Å². The highest BCUT2D eigenvalue weighted by Crippen LogP contribution is 2.31. The molecule has 0 radical (unpaired) electrons. The van der Waals surface area contributed by atoms with Crippen molar-refractivity contribution in [1.29, 1.82) is 0 Å². The zero-order chi connectivity index (χ0) is 16.1. The molecule has 0 aromatic heterocycles. The fourth-order valence-electron chi connectivity index (χ4n) is 2.29. The number of rotatable bonds is 9. The van der Waals surface area contributed by atoms with Crippen molar-refractivity contribution in [1.82, 2.24) is 0 Å². The zero-order valence-electron chi connectivity index (χ0n) is 14.6. The minimum atomic E-state index is 0.435. The lowest BCUT2D eigenvalue weighted by Crippen LogP contribution is -2.09. The number of aryl methyl sites for hydroxylation is 1. The number of hydrogen-bond donors (Lipinski definition) is 0. The van der Waals surface area contributed by atoms with Crippen LogP contribution < -0.4 is 9.47 Å². The normalized spacial score (nSPS) is 20.5. The van der Waals surface area contributed by atoms with Crippen LogP contribution in [0.5, 0.6) is 11.5 Å². The fourth-order valence-corrected chi connectivity index (χ4v) is 2.29. The first-order valence-corrected chi connectivity index (χ1v) is 8.49. The van der Waals surface area contributed by atoms with Gasteiger partial charge in [0, 0.05) is 0 Å². The standard InChI is InChI=1S/C19H30O3/c1-13(2)11-20-18-9-7-16(6-8-17-15(5)22-17)10-19(18)21-12-14(3)4/h7,9-10,13-15,17H,6,8,11-12H2,1-5H3. The second-order valence-corrected chi connectivity index (χ2v) is 7.11. The lowest BCUT2D eigenvalue weighted by atomic mass is 10.1. The molecule has 1 heterocycles. The Labute approximate surface area is 135 Å². The van der Waals surface area contributed by atoms with E-state index in [9.17, 15) is 0 Å². The van der Waals surface area contributed by atoms with Crippen molar-refractivity contribution in [3.05, 3.63) is 23.8 Å². The van der Waals surface area contributed by atoms with Gasteiger partial charge in [-0.1, -0.05) is 33.8 Å². The molecule has 2 atom stereocenters. The van der Waals surface area contributed by atoms with E-state index in [2.05, 4.69) is 46.8 Å². The molecule has 1 aromatic carbocycles. The molecule has 1 fully saturated rings. The van der Waals surface area contributed by atoms with Crippen LogP contribution in [0.25, 0.3) is 0 Å². The summed E-state index contributed by atoms with van der Waals surface area (Å²) in [6.07, 6.45) is 2.98. The lowest BCUT2D eigenvalue weighted by Gasteiger charge is -2.16. The second kappa shape index (κ2) is 7.87. The van der Waals surface area contributed by atoms with Crippen LogP contribution in [-0.4, -0.2) is 25.4 Å². The van der Waals surface area contributed by atoms with Crippen molar-refractivity contribution in [3.63, 3.8) is 0 Å². The van der Waals surface area contributed by atoms with Crippen molar-refractivity contribution in [3.8, 4) is 11.5 Å². The van der Waals surface area contributed by atoms with Gasteiger partial charge in [0.1, 0.15) is 0 Å². The summed E-state index contributed by atoms with van der Waals surface area (Å²) in [5, 5.41) is 0. The molecule has 1 aliphatic heterocycles. The summed E-state index contributed by atoms with van der Waals surface area (Å²) >= 11 is 0. The van der Waals surface area contributed by atoms with Crippen LogP contribution in [0.15, 0.2) is 18.2 Å². The van der Waals surface area contributed by atoms with E-state index in [4.69, 9.17) is 14.2 Å². The Morgan fingerprint density at radius 3 is 2.14 bits per heavy atom. The van der Waals surface area contributed by atoms with Crippen LogP contribution >= 0.6 is 0 Å². The number of ether oxygens (including phenoxy) is 3. The van der Waals surface area contributed by atoms with Gasteiger partial charge in [-0.2, -0.15) is 0 Å². The topological polar surface area (TPSA) is 31.0 Å². The molecule has 0 N–H and O–H groups in total. The molecule has 1 aliphatic rings. The van der Waals surface area contributed by atoms with Gasteiger partial charge in [0.2, 0.25) is 0 Å². The molecule has 0 saturated carbocycles. The maximum Gasteiger partial charge on any atom is 0.161 e. The molecule has 0 aliphatic carbocycles. The highest BCUT2D eigenvalue weighted by molar-refractivity contribution is 5.43. The van der Waals surface area contributed by atoms with Gasteiger partial charge in [-0.15, -0.1) is 0 Å². The summed E-state index contributed by atoms with van der Waals surface area (Å²) in [5.41, 5.74) is 1.29. The summed E-state index contributed by atoms with van der Waals surface area (Å²) in [4.78, 5) is 0. The van der Waals surface area contributed by atoms with E-state index in [1.54, 1.807) is 0 Å². The minimum Gasteiger partial charge on any atom is -0.489 e. The number of epoxide rings is 1. The van der Waals surface area contributed by atoms with Gasteiger partial charge in [0.05, 0.1) is 25.4 Å². The molecule has 22 heavy (non-hydrogen) atoms. The van der Waals surface area contributed by atoms with Gasteiger partial charge in [-0.05, 0) is 49.3 Å². The maximum absolute atomic E-state index is 5.96. The summed E-state index contributed by atoms with van der Waals surface area (Å²) in [7, 11) is 0. The SMILES string of the molecule is CC(C)COc1ccc(CCC2OC2C)cc1OCC(C)C. The highest BCUT2D eigenvalue weighted by Gasteiger charge is 2.33. The molecule has 0 bridgehead atoms. The van der Waals surface area contributed by atoms with Crippen LogP contribution in [-0.2, 0) is 11.2 Å². The Hall–Kier alpha value is -1.22. The minimum absolute atomic E-state index is 0.435. The van der Waals surface area contributed by atoms with Crippen LogP contribution in [0.3, 0.4) is 0 Å². The molecule has 2 rings (SSSR count). The zero-order valence-corrected chi connectivity index (χ0v) is 14.6. The predicted octanol–water partition coefficient (Wildman–Crippen LogP) is 4.48. The molecule has 124 valence electrons. The molecule has 3 nitrogen and oxygen atoms in total. The van der Waals surface area contributed by atoms with Crippen LogP contribution in [0.1, 0.15) is 46.6 Å². The molecular weight excluding hydrogens is 276 g/mol. The maximum atomic E-state index is 5.96. The van der Waals surface area contributed by atoms with Crippen molar-refractivity contribution < 1.29 is 14.2 Å². The predicted molar refractivity (Wildman–Crippen MR) is 89.8 cm³/mol. The largest absolute Gasteiger partial charge is 0.489 e. The third kappa shape index (κ3) is 5.53. The van der Waals surface area contributed by atoms with E-state index >= 15 is 0 Å². The van der Waals surface area contributed by atoms with E-state index in [1.807, 2.05) is 6.07 Å². The van der Waals surface area contributed by atoms with E-state index < -0.39 is 0 Å². The van der Waals surface area contributed by atoms with Gasteiger partial charge in [-0.3, -0.25) is 0 Å². The average Bonchev–Trinajstić information content (AvgIpc) is 3.17. The van der Waals surface area contributed by atoms with Crippen LogP contribution in [0, 0.1) is 11.8 Å². The van der Waals surface area contributed by atoms with Crippen LogP contribution in [0.2, 0.25) is 0 Å². The molecule has 1 saturated heterocycles. The first kappa shape index (κ1) is 17.1. The first-order chi connectivity index (χ1) is 10.5. The summed E-state index contributed by atoms with van der Waals surface area (Å²) in [6, 6.07) is 6.32. The Morgan fingerprint density at radius 1 is 1.00 bits per heavy atom. The molecular formula is C19H30O3. The van der Waals surface area contributed by atoms with Crippen LogP contribution in [0.4, 0.5) is 0 Å². The Balaban J connectivity index is 2.00. The molecule has 3 heteroatoms. The van der Waals surface area contributed by atoms with E-state index in [0.717, 1.165) is 24.3 Å². The van der Waals surface area contributed by atoms with E-state index in [-0.39, 0.29) is 0 Å². The molecule has 0 spiro atoms. The molecule has 2 unspecified atom stereocenters. The third-order valence-electron chi connectivity index (χ3n) is 3.71. The van der Waals surface area contributed by atoms with Crippen molar-refractivity contribution in [2.24, 2.45) is 11.8 Å². The fraction of sp³-hybridized carbons (Fsp3) is 0.684. The smallest absolute Gasteiger partial charge is 0.161 e. The van der Waals surface area contributed by atoms with E-state index in [1.165, 1.54) is 5.56 Å². The first-order valence-electron chi connectivity index (χ1n) is 8.49. The summed E-state index contributed by atoms with van der Waals surface area (Å²) in [5.74, 6) is 2.74. The second-order valence-electron chi connectivity index (χ2n) is 7.11. The van der Waals surface area contributed by atoms with Crippen molar-refractivity contribution >= 4 is 0 Å². The summed E-state index contributed by atoms with van der Waals surface area (Å²) in [6.45, 7) is 12.2. The number of benzene rings is 1. The summed E-state index contributed by atoms with van der Waals surface area (Å²) < 4.78 is 17.3. The molecule has 1 aromatic rings. The van der Waals surface area contributed by atoms with Gasteiger partial charge < -0.3 is 14.2 Å².